The lowest BCUT2D eigenvalue weighted by atomic mass is 10.2. The van der Waals surface area contributed by atoms with Gasteiger partial charge in [0, 0.05) is 23.9 Å². The molecule has 0 unspecified atom stereocenters. The van der Waals surface area contributed by atoms with E-state index in [2.05, 4.69) is 10.6 Å². The number of nitro benzene ring substituents is 1. The van der Waals surface area contributed by atoms with Crippen LogP contribution in [0, 0.1) is 10.1 Å². The number of nitrogens with two attached hydrogens (primary N) is 1. The molecule has 11 heteroatoms. The summed E-state index contributed by atoms with van der Waals surface area (Å²) in [6.07, 6.45) is 0. The molecule has 2 rings (SSSR count). The normalized spacial score (nSPS) is 10.2. The maximum absolute atomic E-state index is 12.2. The molecule has 0 bridgehead atoms. The van der Waals surface area contributed by atoms with Crippen LogP contribution in [0.15, 0.2) is 47.4 Å². The van der Waals surface area contributed by atoms with E-state index in [0.717, 1.165) is 17.8 Å². The van der Waals surface area contributed by atoms with Crippen molar-refractivity contribution in [3.05, 3.63) is 58.1 Å². The van der Waals surface area contributed by atoms with Crippen LogP contribution >= 0.6 is 11.8 Å². The quantitative estimate of drug-likeness (QED) is 0.294. The minimum absolute atomic E-state index is 0.0185. The Morgan fingerprint density at radius 2 is 1.83 bits per heavy atom. The lowest BCUT2D eigenvalue weighted by Crippen LogP contribution is -2.28. The number of amides is 3. The van der Waals surface area contributed by atoms with Crippen molar-refractivity contribution in [3.63, 3.8) is 0 Å². The number of primary amides is 1. The number of hydrogen-bond donors (Lipinski definition) is 3. The standard InChI is InChI=1S/C19H20N4O6S/c1-2-21-17(24)10-29-14-6-4-13(5-7-14)22-18(25)11-30-16-8-3-12(19(20)26)9-15(16)23(27)28/h3-9H,2,10-11H2,1H3,(H2,20,26)(H,21,24)(H,22,25). The minimum Gasteiger partial charge on any atom is -0.484 e. The zero-order valence-corrected chi connectivity index (χ0v) is 16.9. The molecule has 0 heterocycles. The molecule has 0 aliphatic rings. The van der Waals surface area contributed by atoms with E-state index in [9.17, 15) is 24.5 Å². The van der Waals surface area contributed by atoms with Gasteiger partial charge in [-0.05, 0) is 43.3 Å². The first-order valence-corrected chi connectivity index (χ1v) is 9.79. The summed E-state index contributed by atoms with van der Waals surface area (Å²) in [5.74, 6) is -0.981. The van der Waals surface area contributed by atoms with E-state index in [1.807, 2.05) is 6.92 Å². The number of benzene rings is 2. The maximum atomic E-state index is 12.2. The Hall–Kier alpha value is -3.60. The molecule has 0 radical (unpaired) electrons. The van der Waals surface area contributed by atoms with Crippen LogP contribution < -0.4 is 21.1 Å². The Kier molecular flexibility index (Phi) is 8.18. The van der Waals surface area contributed by atoms with E-state index in [-0.39, 0.29) is 40.3 Å². The van der Waals surface area contributed by atoms with E-state index in [1.165, 1.54) is 12.1 Å². The zero-order valence-electron chi connectivity index (χ0n) is 16.0. The van der Waals surface area contributed by atoms with Crippen LogP contribution in [-0.4, -0.2) is 41.5 Å². The first-order chi connectivity index (χ1) is 14.3. The highest BCUT2D eigenvalue weighted by Crippen LogP contribution is 2.30. The summed E-state index contributed by atoms with van der Waals surface area (Å²) in [7, 11) is 0. The maximum Gasteiger partial charge on any atom is 0.283 e. The fraction of sp³-hybridized carbons (Fsp3) is 0.211. The third-order valence-corrected chi connectivity index (χ3v) is 4.74. The van der Waals surface area contributed by atoms with Gasteiger partial charge in [0.2, 0.25) is 11.8 Å². The van der Waals surface area contributed by atoms with Crippen LogP contribution in [0.4, 0.5) is 11.4 Å². The first kappa shape index (κ1) is 22.7. The molecule has 3 amide bonds. The summed E-state index contributed by atoms with van der Waals surface area (Å²) in [5, 5.41) is 16.5. The van der Waals surface area contributed by atoms with Crippen molar-refractivity contribution in [3.8, 4) is 5.75 Å². The number of carbonyl (C=O) groups excluding carboxylic acids is 3. The molecule has 10 nitrogen and oxygen atoms in total. The first-order valence-electron chi connectivity index (χ1n) is 8.80. The predicted octanol–water partition coefficient (Wildman–Crippen LogP) is 1.94. The number of carbonyl (C=O) groups is 3. The SMILES string of the molecule is CCNC(=O)COc1ccc(NC(=O)CSc2ccc(C(N)=O)cc2[N+](=O)[O-])cc1. The molecule has 2 aromatic rings. The van der Waals surface area contributed by atoms with Gasteiger partial charge in [-0.25, -0.2) is 0 Å². The Morgan fingerprint density at radius 3 is 2.43 bits per heavy atom. The lowest BCUT2D eigenvalue weighted by molar-refractivity contribution is -0.387. The summed E-state index contributed by atoms with van der Waals surface area (Å²) in [4.78, 5) is 45.5. The largest absolute Gasteiger partial charge is 0.484 e. The van der Waals surface area contributed by atoms with Gasteiger partial charge in [-0.15, -0.1) is 11.8 Å². The summed E-state index contributed by atoms with van der Waals surface area (Å²) < 4.78 is 5.32. The summed E-state index contributed by atoms with van der Waals surface area (Å²) >= 11 is 0.967. The smallest absolute Gasteiger partial charge is 0.283 e. The topological polar surface area (TPSA) is 154 Å². The van der Waals surface area contributed by atoms with Gasteiger partial charge in [0.1, 0.15) is 5.75 Å². The van der Waals surface area contributed by atoms with Crippen molar-refractivity contribution >= 4 is 40.9 Å². The third kappa shape index (κ3) is 6.78. The van der Waals surface area contributed by atoms with Crippen LogP contribution in [0.1, 0.15) is 17.3 Å². The minimum atomic E-state index is -0.772. The molecule has 0 atom stereocenters. The molecule has 4 N–H and O–H groups in total. The Balaban J connectivity index is 1.91. The molecule has 0 aromatic heterocycles. The lowest BCUT2D eigenvalue weighted by Gasteiger charge is -2.08. The number of nitro groups is 1. The predicted molar refractivity (Wildman–Crippen MR) is 112 cm³/mol. The van der Waals surface area contributed by atoms with Crippen LogP contribution in [0.25, 0.3) is 0 Å². The molecule has 2 aromatic carbocycles. The molecular formula is C19H20N4O6S. The summed E-state index contributed by atoms with van der Waals surface area (Å²) in [5.41, 5.74) is 5.37. The van der Waals surface area contributed by atoms with Gasteiger partial charge in [-0.1, -0.05) is 0 Å². The van der Waals surface area contributed by atoms with Crippen molar-refractivity contribution in [2.75, 3.05) is 24.2 Å². The number of anilines is 1. The zero-order chi connectivity index (χ0) is 22.1. The van der Waals surface area contributed by atoms with Gasteiger partial charge in [0.15, 0.2) is 6.61 Å². The number of thioether (sulfide) groups is 1. The van der Waals surface area contributed by atoms with Crippen LogP contribution in [0.2, 0.25) is 0 Å². The van der Waals surface area contributed by atoms with Crippen molar-refractivity contribution in [1.29, 1.82) is 0 Å². The number of likely N-dealkylation sites (N-methyl/N-ethyl adjacent to an activating group) is 1. The number of ether oxygens (including phenoxy) is 1. The Morgan fingerprint density at radius 1 is 1.13 bits per heavy atom. The van der Waals surface area contributed by atoms with Crippen molar-refractivity contribution in [1.82, 2.24) is 5.32 Å². The van der Waals surface area contributed by atoms with Gasteiger partial charge in [0.25, 0.3) is 11.6 Å². The van der Waals surface area contributed by atoms with E-state index < -0.39 is 10.8 Å². The molecule has 0 saturated carbocycles. The Labute approximate surface area is 176 Å². The fourth-order valence-corrected chi connectivity index (χ4v) is 3.11. The fourth-order valence-electron chi connectivity index (χ4n) is 2.31. The highest BCUT2D eigenvalue weighted by molar-refractivity contribution is 8.00. The number of nitrogens with one attached hydrogen (secondary N) is 2. The van der Waals surface area contributed by atoms with E-state index in [1.54, 1.807) is 24.3 Å². The van der Waals surface area contributed by atoms with E-state index in [0.29, 0.717) is 18.0 Å². The second kappa shape index (κ2) is 10.8. The number of rotatable bonds is 10. The van der Waals surface area contributed by atoms with Crippen LogP contribution in [0.3, 0.4) is 0 Å². The monoisotopic (exact) mass is 432 g/mol. The molecule has 0 saturated heterocycles. The highest BCUT2D eigenvalue weighted by atomic mass is 32.2. The number of hydrogen-bond acceptors (Lipinski definition) is 7. The molecule has 0 spiro atoms. The van der Waals surface area contributed by atoms with Crippen molar-refractivity contribution < 1.29 is 24.0 Å². The highest BCUT2D eigenvalue weighted by Gasteiger charge is 2.18. The molecular weight excluding hydrogens is 412 g/mol. The number of nitrogens with zero attached hydrogens (tertiary/aromatic N) is 1. The summed E-state index contributed by atoms with van der Waals surface area (Å²) in [6, 6.07) is 10.3. The van der Waals surface area contributed by atoms with Gasteiger partial charge < -0.3 is 21.1 Å². The van der Waals surface area contributed by atoms with Crippen LogP contribution in [-0.2, 0) is 9.59 Å². The molecule has 0 aliphatic heterocycles. The molecule has 158 valence electrons. The van der Waals surface area contributed by atoms with Gasteiger partial charge in [-0.2, -0.15) is 0 Å². The van der Waals surface area contributed by atoms with Crippen LogP contribution in [0.5, 0.6) is 5.75 Å². The van der Waals surface area contributed by atoms with Crippen molar-refractivity contribution in [2.45, 2.75) is 11.8 Å². The van der Waals surface area contributed by atoms with Gasteiger partial charge in [0.05, 0.1) is 15.6 Å². The summed E-state index contributed by atoms with van der Waals surface area (Å²) in [6.45, 7) is 2.22. The van der Waals surface area contributed by atoms with E-state index in [4.69, 9.17) is 10.5 Å². The van der Waals surface area contributed by atoms with Crippen molar-refractivity contribution in [2.24, 2.45) is 5.73 Å². The second-order valence-corrected chi connectivity index (χ2v) is 6.92. The third-order valence-electron chi connectivity index (χ3n) is 3.68. The molecule has 0 aliphatic carbocycles. The van der Waals surface area contributed by atoms with Gasteiger partial charge >= 0.3 is 0 Å². The average Bonchev–Trinajstić information content (AvgIpc) is 2.71. The average molecular weight is 432 g/mol. The van der Waals surface area contributed by atoms with E-state index >= 15 is 0 Å². The van der Waals surface area contributed by atoms with Gasteiger partial charge in [-0.3, -0.25) is 24.5 Å². The molecule has 0 fully saturated rings. The Bertz CT molecular complexity index is 949. The second-order valence-electron chi connectivity index (χ2n) is 5.91. The molecule has 30 heavy (non-hydrogen) atoms.